The highest BCUT2D eigenvalue weighted by atomic mass is 16.3. The molecule has 0 radical (unpaired) electrons. The minimum atomic E-state index is -0.646. The van der Waals surface area contributed by atoms with Crippen LogP contribution in [0.3, 0.4) is 0 Å². The maximum atomic E-state index is 10.0. The van der Waals surface area contributed by atoms with E-state index in [9.17, 15) is 10.2 Å². The topological polar surface area (TPSA) is 56.6 Å². The minimum absolute atomic E-state index is 0.000264. The van der Waals surface area contributed by atoms with Crippen LogP contribution in [0.25, 0.3) is 10.9 Å². The molecule has 0 aliphatic carbocycles. The van der Waals surface area contributed by atoms with Crippen molar-refractivity contribution < 1.29 is 10.2 Å². The second-order valence-electron chi connectivity index (χ2n) is 5.48. The van der Waals surface area contributed by atoms with E-state index in [0.29, 0.717) is 6.54 Å². The Kier molecular flexibility index (Phi) is 2.92. The van der Waals surface area contributed by atoms with E-state index in [2.05, 4.69) is 9.88 Å². The van der Waals surface area contributed by atoms with Crippen molar-refractivity contribution >= 4 is 16.7 Å². The average Bonchev–Trinajstić information content (AvgIpc) is 2.78. The Morgan fingerprint density at radius 3 is 2.84 bits per heavy atom. The molecule has 0 bridgehead atoms. The molecule has 0 saturated carbocycles. The average molecular weight is 258 g/mol. The molecule has 3 rings (SSSR count). The van der Waals surface area contributed by atoms with Crippen LogP contribution in [0.15, 0.2) is 30.3 Å². The van der Waals surface area contributed by atoms with Crippen LogP contribution >= 0.6 is 0 Å². The molecule has 2 heterocycles. The summed E-state index contributed by atoms with van der Waals surface area (Å²) in [7, 11) is 0. The van der Waals surface area contributed by atoms with Crippen LogP contribution < -0.4 is 4.90 Å². The van der Waals surface area contributed by atoms with Gasteiger partial charge in [-0.05, 0) is 31.0 Å². The van der Waals surface area contributed by atoms with Gasteiger partial charge in [0.25, 0.3) is 0 Å². The predicted octanol–water partition coefficient (Wildman–Crippen LogP) is 1.69. The van der Waals surface area contributed by atoms with Crippen LogP contribution in [0.1, 0.15) is 18.9 Å². The molecule has 1 atom stereocenters. The number of rotatable bonds is 2. The van der Waals surface area contributed by atoms with Crippen molar-refractivity contribution in [3.8, 4) is 0 Å². The second-order valence-corrected chi connectivity index (χ2v) is 5.48. The molecule has 100 valence electrons. The molecule has 19 heavy (non-hydrogen) atoms. The number of para-hydroxylation sites is 1. The van der Waals surface area contributed by atoms with E-state index >= 15 is 0 Å². The summed E-state index contributed by atoms with van der Waals surface area (Å²) in [6.45, 7) is 3.23. The highest BCUT2D eigenvalue weighted by molar-refractivity contribution is 5.84. The molecule has 0 amide bonds. The Hall–Kier alpha value is -1.65. The lowest BCUT2D eigenvalue weighted by Gasteiger charge is -2.21. The smallest absolute Gasteiger partial charge is 0.129 e. The van der Waals surface area contributed by atoms with Crippen molar-refractivity contribution in [3.63, 3.8) is 0 Å². The van der Waals surface area contributed by atoms with Crippen LogP contribution in [0.2, 0.25) is 0 Å². The van der Waals surface area contributed by atoms with E-state index in [-0.39, 0.29) is 6.61 Å². The Labute approximate surface area is 112 Å². The summed E-state index contributed by atoms with van der Waals surface area (Å²) < 4.78 is 0. The maximum Gasteiger partial charge on any atom is 0.129 e. The summed E-state index contributed by atoms with van der Waals surface area (Å²) >= 11 is 0. The lowest BCUT2D eigenvalue weighted by molar-refractivity contribution is 0.0839. The highest BCUT2D eigenvalue weighted by Crippen LogP contribution is 2.28. The zero-order valence-electron chi connectivity index (χ0n) is 11.0. The molecule has 0 spiro atoms. The van der Waals surface area contributed by atoms with Crippen molar-refractivity contribution in [2.45, 2.75) is 25.6 Å². The lowest BCUT2D eigenvalue weighted by atomic mass is 10.1. The Morgan fingerprint density at radius 1 is 1.37 bits per heavy atom. The zero-order chi connectivity index (χ0) is 13.5. The van der Waals surface area contributed by atoms with E-state index in [4.69, 9.17) is 0 Å². The van der Waals surface area contributed by atoms with Gasteiger partial charge >= 0.3 is 0 Å². The number of hydrogen-bond acceptors (Lipinski definition) is 4. The van der Waals surface area contributed by atoms with Crippen LogP contribution in [0, 0.1) is 0 Å². The van der Waals surface area contributed by atoms with Crippen LogP contribution in [-0.2, 0) is 6.61 Å². The Bertz CT molecular complexity index is 610. The third-order valence-electron chi connectivity index (χ3n) is 3.73. The number of aromatic nitrogens is 1. The summed E-state index contributed by atoms with van der Waals surface area (Å²) in [5.74, 6) is 0.834. The summed E-state index contributed by atoms with van der Waals surface area (Å²) in [6.07, 6.45) is 0.746. The molecule has 1 saturated heterocycles. The quantitative estimate of drug-likeness (QED) is 0.860. The van der Waals surface area contributed by atoms with Gasteiger partial charge in [-0.25, -0.2) is 4.98 Å². The Balaban J connectivity index is 2.05. The predicted molar refractivity (Wildman–Crippen MR) is 75.1 cm³/mol. The van der Waals surface area contributed by atoms with Crippen molar-refractivity contribution in [3.05, 3.63) is 35.9 Å². The van der Waals surface area contributed by atoms with Gasteiger partial charge in [0.15, 0.2) is 0 Å². The Morgan fingerprint density at radius 2 is 2.16 bits per heavy atom. The molecule has 2 N–H and O–H groups in total. The molecule has 1 unspecified atom stereocenters. The third-order valence-corrected chi connectivity index (χ3v) is 3.73. The third kappa shape index (κ3) is 2.29. The zero-order valence-corrected chi connectivity index (χ0v) is 11.0. The van der Waals surface area contributed by atoms with Crippen molar-refractivity contribution in [1.82, 2.24) is 4.98 Å². The number of fused-ring (bicyclic) bond motifs is 1. The lowest BCUT2D eigenvalue weighted by Crippen LogP contribution is -2.30. The molecule has 1 aromatic heterocycles. The first kappa shape index (κ1) is 12.4. The summed E-state index contributed by atoms with van der Waals surface area (Å²) in [5.41, 5.74) is 1.12. The molecule has 1 aromatic carbocycles. The van der Waals surface area contributed by atoms with Gasteiger partial charge in [-0.3, -0.25) is 0 Å². The fraction of sp³-hybridized carbons (Fsp3) is 0.400. The molecule has 4 nitrogen and oxygen atoms in total. The second kappa shape index (κ2) is 4.47. The minimum Gasteiger partial charge on any atom is -0.392 e. The van der Waals surface area contributed by atoms with Gasteiger partial charge in [0.1, 0.15) is 5.82 Å². The van der Waals surface area contributed by atoms with E-state index in [1.54, 1.807) is 0 Å². The highest BCUT2D eigenvalue weighted by Gasteiger charge is 2.32. The van der Waals surface area contributed by atoms with Gasteiger partial charge in [0, 0.05) is 18.5 Å². The fourth-order valence-corrected chi connectivity index (χ4v) is 2.67. The molecule has 4 heteroatoms. The monoisotopic (exact) mass is 258 g/mol. The van der Waals surface area contributed by atoms with Gasteiger partial charge in [0.2, 0.25) is 0 Å². The van der Waals surface area contributed by atoms with Gasteiger partial charge in [-0.1, -0.05) is 18.2 Å². The maximum absolute atomic E-state index is 10.0. The van der Waals surface area contributed by atoms with Gasteiger partial charge in [-0.2, -0.15) is 0 Å². The SMILES string of the molecule is CC1(O)CCN(c2cc(CO)c3ccccc3n2)C1. The first-order chi connectivity index (χ1) is 9.09. The number of β-amino-alcohol motifs (C(OH)–C–C–N with tert-alkyl or cyclic N) is 1. The number of aliphatic hydroxyl groups is 2. The van der Waals surface area contributed by atoms with Gasteiger partial charge < -0.3 is 15.1 Å². The number of nitrogens with zero attached hydrogens (tertiary/aromatic N) is 2. The fourth-order valence-electron chi connectivity index (χ4n) is 2.67. The molecule has 1 fully saturated rings. The van der Waals surface area contributed by atoms with Crippen molar-refractivity contribution in [1.29, 1.82) is 0 Å². The normalized spacial score (nSPS) is 23.2. The van der Waals surface area contributed by atoms with Gasteiger partial charge in [0.05, 0.1) is 17.7 Å². The van der Waals surface area contributed by atoms with Crippen LogP contribution in [0.4, 0.5) is 5.82 Å². The summed E-state index contributed by atoms with van der Waals surface area (Å²) in [5, 5.41) is 20.5. The molecular weight excluding hydrogens is 240 g/mol. The number of aliphatic hydroxyl groups excluding tert-OH is 1. The number of benzene rings is 1. The number of anilines is 1. The van der Waals surface area contributed by atoms with Crippen molar-refractivity contribution in [2.24, 2.45) is 0 Å². The van der Waals surface area contributed by atoms with E-state index < -0.39 is 5.60 Å². The van der Waals surface area contributed by atoms with E-state index in [1.165, 1.54) is 0 Å². The number of pyridine rings is 1. The first-order valence-electron chi connectivity index (χ1n) is 6.56. The standard InChI is InChI=1S/C15H18N2O2/c1-15(19)6-7-17(10-15)14-8-11(9-18)12-4-2-3-5-13(12)16-14/h2-5,8,18-19H,6-7,9-10H2,1H3. The molecule has 1 aliphatic rings. The van der Waals surface area contributed by atoms with E-state index in [0.717, 1.165) is 35.2 Å². The van der Waals surface area contributed by atoms with Gasteiger partial charge in [-0.15, -0.1) is 0 Å². The van der Waals surface area contributed by atoms with E-state index in [1.807, 2.05) is 37.3 Å². The molecule has 2 aromatic rings. The van der Waals surface area contributed by atoms with Crippen molar-refractivity contribution in [2.75, 3.05) is 18.0 Å². The summed E-state index contributed by atoms with van der Waals surface area (Å²) in [6, 6.07) is 9.73. The molecule has 1 aliphatic heterocycles. The first-order valence-corrected chi connectivity index (χ1v) is 6.56. The number of hydrogen-bond donors (Lipinski definition) is 2. The largest absolute Gasteiger partial charge is 0.392 e. The molecular formula is C15H18N2O2. The van der Waals surface area contributed by atoms with Crippen LogP contribution in [0.5, 0.6) is 0 Å². The van der Waals surface area contributed by atoms with Crippen LogP contribution in [-0.4, -0.2) is 33.9 Å². The summed E-state index contributed by atoms with van der Waals surface area (Å²) in [4.78, 5) is 6.71.